The molecule has 0 bridgehead atoms. The zero-order valence-electron chi connectivity index (χ0n) is 12.4. The molecule has 0 radical (unpaired) electrons. The van der Waals surface area contributed by atoms with E-state index in [1.807, 2.05) is 6.07 Å². The van der Waals surface area contributed by atoms with Gasteiger partial charge in [0.05, 0.1) is 24.5 Å². The summed E-state index contributed by atoms with van der Waals surface area (Å²) in [6.45, 7) is 4.57. The van der Waals surface area contributed by atoms with Gasteiger partial charge in [0.25, 0.3) is 0 Å². The van der Waals surface area contributed by atoms with Gasteiger partial charge in [-0.3, -0.25) is 14.9 Å². The van der Waals surface area contributed by atoms with Gasteiger partial charge in [-0.15, -0.1) is 0 Å². The number of methoxy groups -OCH3 is 1. The lowest BCUT2D eigenvalue weighted by atomic mass is 10.2. The molecule has 0 aromatic carbocycles. The summed E-state index contributed by atoms with van der Waals surface area (Å²) in [4.78, 5) is 17.2. The van der Waals surface area contributed by atoms with Crippen LogP contribution in [0.3, 0.4) is 0 Å². The molecule has 1 fully saturated rings. The maximum Gasteiger partial charge on any atom is 0.233 e. The molecule has 7 heteroatoms. The van der Waals surface area contributed by atoms with Crippen LogP contribution in [0.25, 0.3) is 0 Å². The SMILES string of the molecule is COc1cncc(N2CCN(Cc3ccncc3Cl)CC2)n1. The fourth-order valence-electron chi connectivity index (χ4n) is 2.50. The van der Waals surface area contributed by atoms with Crippen LogP contribution in [0.2, 0.25) is 5.02 Å². The highest BCUT2D eigenvalue weighted by atomic mass is 35.5. The lowest BCUT2D eigenvalue weighted by molar-refractivity contribution is 0.249. The molecule has 1 saturated heterocycles. The van der Waals surface area contributed by atoms with E-state index in [-0.39, 0.29) is 0 Å². The van der Waals surface area contributed by atoms with E-state index >= 15 is 0 Å². The molecule has 0 atom stereocenters. The summed E-state index contributed by atoms with van der Waals surface area (Å²) < 4.78 is 5.13. The molecular formula is C15H18ClN5O. The van der Waals surface area contributed by atoms with Gasteiger partial charge in [0.2, 0.25) is 5.88 Å². The Morgan fingerprint density at radius 1 is 1.14 bits per heavy atom. The van der Waals surface area contributed by atoms with Crippen LogP contribution in [0.4, 0.5) is 5.82 Å². The summed E-state index contributed by atoms with van der Waals surface area (Å²) in [5.74, 6) is 1.41. The van der Waals surface area contributed by atoms with Gasteiger partial charge >= 0.3 is 0 Å². The molecular weight excluding hydrogens is 302 g/mol. The van der Waals surface area contributed by atoms with Crippen molar-refractivity contribution in [2.24, 2.45) is 0 Å². The summed E-state index contributed by atoms with van der Waals surface area (Å²) >= 11 is 6.17. The number of halogens is 1. The highest BCUT2D eigenvalue weighted by Crippen LogP contribution is 2.19. The molecule has 0 aliphatic carbocycles. The molecule has 0 N–H and O–H groups in total. The minimum atomic E-state index is 0.545. The van der Waals surface area contributed by atoms with Crippen molar-refractivity contribution in [3.05, 3.63) is 41.4 Å². The number of hydrogen-bond acceptors (Lipinski definition) is 6. The van der Waals surface area contributed by atoms with E-state index in [1.54, 1.807) is 31.9 Å². The molecule has 0 spiro atoms. The molecule has 6 nitrogen and oxygen atoms in total. The Bertz CT molecular complexity index is 631. The van der Waals surface area contributed by atoms with Crippen LogP contribution in [0.1, 0.15) is 5.56 Å². The summed E-state index contributed by atoms with van der Waals surface area (Å²) in [5.41, 5.74) is 1.12. The number of pyridine rings is 1. The molecule has 1 aliphatic heterocycles. The first-order valence-electron chi connectivity index (χ1n) is 7.18. The standard InChI is InChI=1S/C15H18ClN5O/c1-22-15-10-18-9-14(19-15)21-6-4-20(5-7-21)11-12-2-3-17-8-13(12)16/h2-3,8-10H,4-7,11H2,1H3. The van der Waals surface area contributed by atoms with Crippen molar-refractivity contribution in [3.8, 4) is 5.88 Å². The van der Waals surface area contributed by atoms with Crippen LogP contribution in [0.5, 0.6) is 5.88 Å². The Balaban J connectivity index is 1.59. The predicted octanol–water partition coefficient (Wildman–Crippen LogP) is 1.86. The van der Waals surface area contributed by atoms with Crippen LogP contribution in [0, 0.1) is 0 Å². The number of piperazine rings is 1. The normalized spacial score (nSPS) is 15.8. The van der Waals surface area contributed by atoms with Crippen LogP contribution in [-0.4, -0.2) is 53.1 Å². The first kappa shape index (κ1) is 15.0. The third kappa shape index (κ3) is 3.45. The van der Waals surface area contributed by atoms with Crippen molar-refractivity contribution in [2.45, 2.75) is 6.54 Å². The predicted molar refractivity (Wildman–Crippen MR) is 85.3 cm³/mol. The Hall–Kier alpha value is -1.92. The highest BCUT2D eigenvalue weighted by Gasteiger charge is 2.19. The van der Waals surface area contributed by atoms with Gasteiger partial charge < -0.3 is 9.64 Å². The number of anilines is 1. The summed E-state index contributed by atoms with van der Waals surface area (Å²) in [6, 6.07) is 1.97. The van der Waals surface area contributed by atoms with Crippen LogP contribution in [-0.2, 0) is 6.54 Å². The van der Waals surface area contributed by atoms with Gasteiger partial charge in [-0.1, -0.05) is 11.6 Å². The number of aromatic nitrogens is 3. The van der Waals surface area contributed by atoms with Crippen LogP contribution >= 0.6 is 11.6 Å². The van der Waals surface area contributed by atoms with Gasteiger partial charge in [0, 0.05) is 45.1 Å². The van der Waals surface area contributed by atoms with Crippen molar-refractivity contribution < 1.29 is 4.74 Å². The highest BCUT2D eigenvalue weighted by molar-refractivity contribution is 6.31. The van der Waals surface area contributed by atoms with E-state index in [1.165, 1.54) is 0 Å². The van der Waals surface area contributed by atoms with Crippen LogP contribution < -0.4 is 9.64 Å². The smallest absolute Gasteiger partial charge is 0.233 e. The lowest BCUT2D eigenvalue weighted by Gasteiger charge is -2.35. The van der Waals surface area contributed by atoms with Crippen LogP contribution in [0.15, 0.2) is 30.9 Å². The largest absolute Gasteiger partial charge is 0.480 e. The van der Waals surface area contributed by atoms with Gasteiger partial charge in [0.15, 0.2) is 5.82 Å². The Morgan fingerprint density at radius 2 is 1.95 bits per heavy atom. The molecule has 0 unspecified atom stereocenters. The molecule has 0 amide bonds. The van der Waals surface area contributed by atoms with Gasteiger partial charge in [-0.2, -0.15) is 4.98 Å². The number of rotatable bonds is 4. The number of nitrogens with zero attached hydrogens (tertiary/aromatic N) is 5. The Labute approximate surface area is 134 Å². The first-order valence-corrected chi connectivity index (χ1v) is 7.56. The molecule has 3 rings (SSSR count). The van der Waals surface area contributed by atoms with E-state index in [4.69, 9.17) is 16.3 Å². The van der Waals surface area contributed by atoms with Crippen molar-refractivity contribution in [2.75, 3.05) is 38.2 Å². The van der Waals surface area contributed by atoms with Gasteiger partial charge in [-0.05, 0) is 11.6 Å². The second kappa shape index (κ2) is 6.89. The second-order valence-corrected chi connectivity index (χ2v) is 5.56. The minimum Gasteiger partial charge on any atom is -0.480 e. The summed E-state index contributed by atoms with van der Waals surface area (Å²) in [5, 5.41) is 0.726. The lowest BCUT2D eigenvalue weighted by Crippen LogP contribution is -2.46. The fraction of sp³-hybridized carbons (Fsp3) is 0.400. The van der Waals surface area contributed by atoms with E-state index in [0.717, 1.165) is 49.1 Å². The number of ether oxygens (including phenoxy) is 1. The third-order valence-electron chi connectivity index (χ3n) is 3.76. The van der Waals surface area contributed by atoms with Crippen molar-refractivity contribution in [1.29, 1.82) is 0 Å². The van der Waals surface area contributed by atoms with E-state index in [9.17, 15) is 0 Å². The quantitative estimate of drug-likeness (QED) is 0.857. The Kier molecular flexibility index (Phi) is 4.70. The zero-order chi connectivity index (χ0) is 15.4. The van der Waals surface area contributed by atoms with Gasteiger partial charge in [-0.25, -0.2) is 0 Å². The van der Waals surface area contributed by atoms with E-state index in [2.05, 4.69) is 24.8 Å². The van der Waals surface area contributed by atoms with E-state index in [0.29, 0.717) is 5.88 Å². The number of hydrogen-bond donors (Lipinski definition) is 0. The average Bonchev–Trinajstić information content (AvgIpc) is 2.58. The molecule has 0 saturated carbocycles. The minimum absolute atomic E-state index is 0.545. The maximum absolute atomic E-state index is 6.17. The molecule has 3 heterocycles. The fourth-order valence-corrected chi connectivity index (χ4v) is 2.68. The van der Waals surface area contributed by atoms with Crippen molar-refractivity contribution in [3.63, 3.8) is 0 Å². The first-order chi connectivity index (χ1) is 10.8. The van der Waals surface area contributed by atoms with Crippen molar-refractivity contribution in [1.82, 2.24) is 19.9 Å². The summed E-state index contributed by atoms with van der Waals surface area (Å²) in [7, 11) is 1.60. The molecule has 2 aromatic rings. The molecule has 2 aromatic heterocycles. The summed E-state index contributed by atoms with van der Waals surface area (Å²) in [6.07, 6.45) is 6.87. The average molecular weight is 320 g/mol. The molecule has 1 aliphatic rings. The topological polar surface area (TPSA) is 54.4 Å². The second-order valence-electron chi connectivity index (χ2n) is 5.15. The third-order valence-corrected chi connectivity index (χ3v) is 4.10. The maximum atomic E-state index is 6.17. The van der Waals surface area contributed by atoms with E-state index < -0.39 is 0 Å². The van der Waals surface area contributed by atoms with Crippen molar-refractivity contribution >= 4 is 17.4 Å². The Morgan fingerprint density at radius 3 is 2.68 bits per heavy atom. The zero-order valence-corrected chi connectivity index (χ0v) is 13.2. The monoisotopic (exact) mass is 319 g/mol. The van der Waals surface area contributed by atoms with Gasteiger partial charge in [0.1, 0.15) is 0 Å². The molecule has 22 heavy (non-hydrogen) atoms. The molecule has 116 valence electrons.